The van der Waals surface area contributed by atoms with Crippen LogP contribution in [-0.2, 0) is 6.18 Å². The summed E-state index contributed by atoms with van der Waals surface area (Å²) in [6.07, 6.45) is -4.67. The van der Waals surface area contributed by atoms with E-state index in [9.17, 15) is 17.6 Å². The number of rotatable bonds is 3. The van der Waals surface area contributed by atoms with Crippen molar-refractivity contribution in [3.05, 3.63) is 57.5 Å². The van der Waals surface area contributed by atoms with Gasteiger partial charge in [0.05, 0.1) is 11.6 Å². The number of piperazine rings is 1. The second-order valence-electron chi connectivity index (χ2n) is 5.44. The summed E-state index contributed by atoms with van der Waals surface area (Å²) in [6.45, 7) is 3.16. The van der Waals surface area contributed by atoms with Gasteiger partial charge in [-0.15, -0.1) is 11.3 Å². The fraction of sp³-hybridized carbons (Fsp3) is 0.375. The molecule has 2 aromatic rings. The molecule has 0 radical (unpaired) electrons. The van der Waals surface area contributed by atoms with Gasteiger partial charge in [0.1, 0.15) is 5.82 Å². The Morgan fingerprint density at radius 2 is 1.87 bits per heavy atom. The molecule has 1 aromatic heterocycles. The number of nitrogens with zero attached hydrogens (tertiary/aromatic N) is 1. The summed E-state index contributed by atoms with van der Waals surface area (Å²) >= 11 is 1.53. The normalized spacial score (nSPS) is 18.1. The number of halogens is 4. The van der Waals surface area contributed by atoms with Crippen LogP contribution in [-0.4, -0.2) is 31.1 Å². The summed E-state index contributed by atoms with van der Waals surface area (Å²) in [5, 5.41) is 5.17. The highest BCUT2D eigenvalue weighted by molar-refractivity contribution is 7.10. The lowest BCUT2D eigenvalue weighted by molar-refractivity contribution is -0.140. The lowest BCUT2D eigenvalue weighted by Crippen LogP contribution is -2.45. The van der Waals surface area contributed by atoms with E-state index in [1.807, 2.05) is 17.5 Å². The highest BCUT2D eigenvalue weighted by Crippen LogP contribution is 2.36. The van der Waals surface area contributed by atoms with Crippen LogP contribution in [0.3, 0.4) is 0 Å². The van der Waals surface area contributed by atoms with Crippen molar-refractivity contribution in [1.29, 1.82) is 0 Å². The largest absolute Gasteiger partial charge is 0.419 e. The first-order valence-corrected chi connectivity index (χ1v) is 8.19. The third-order valence-corrected chi connectivity index (χ3v) is 4.87. The maximum absolute atomic E-state index is 14.0. The predicted octanol–water partition coefficient (Wildman–Crippen LogP) is 3.90. The summed E-state index contributed by atoms with van der Waals surface area (Å²) in [4.78, 5) is 3.18. The van der Waals surface area contributed by atoms with Crippen molar-refractivity contribution in [2.75, 3.05) is 26.2 Å². The molecule has 1 aliphatic heterocycles. The molecular weight excluding hydrogens is 328 g/mol. The summed E-state index contributed by atoms with van der Waals surface area (Å²) in [6, 6.07) is 6.87. The number of alkyl halides is 3. The molecule has 1 N–H and O–H groups in total. The van der Waals surface area contributed by atoms with Crippen LogP contribution in [0, 0.1) is 5.82 Å². The maximum atomic E-state index is 14.0. The average molecular weight is 344 g/mol. The molecule has 0 spiro atoms. The van der Waals surface area contributed by atoms with Gasteiger partial charge in [-0.25, -0.2) is 4.39 Å². The molecule has 0 aliphatic carbocycles. The zero-order valence-electron chi connectivity index (χ0n) is 12.2. The molecule has 124 valence electrons. The summed E-state index contributed by atoms with van der Waals surface area (Å²) in [5.41, 5.74) is -0.661. The lowest BCUT2D eigenvalue weighted by atomic mass is 10.0. The molecule has 1 atom stereocenters. The van der Waals surface area contributed by atoms with Crippen molar-refractivity contribution < 1.29 is 17.6 Å². The molecule has 1 fully saturated rings. The summed E-state index contributed by atoms with van der Waals surface area (Å²) in [7, 11) is 0. The van der Waals surface area contributed by atoms with E-state index in [-0.39, 0.29) is 6.04 Å². The van der Waals surface area contributed by atoms with Crippen molar-refractivity contribution in [3.63, 3.8) is 0 Å². The summed E-state index contributed by atoms with van der Waals surface area (Å²) < 4.78 is 52.2. The molecule has 7 heteroatoms. The van der Waals surface area contributed by atoms with Gasteiger partial charge in [-0.05, 0) is 29.1 Å². The fourth-order valence-corrected chi connectivity index (χ4v) is 3.76. The predicted molar refractivity (Wildman–Crippen MR) is 82.0 cm³/mol. The van der Waals surface area contributed by atoms with Crippen molar-refractivity contribution in [2.45, 2.75) is 12.2 Å². The minimum atomic E-state index is -4.67. The first kappa shape index (κ1) is 16.4. The van der Waals surface area contributed by atoms with Gasteiger partial charge >= 0.3 is 6.18 Å². The van der Waals surface area contributed by atoms with Crippen LogP contribution in [0.25, 0.3) is 0 Å². The second-order valence-corrected chi connectivity index (χ2v) is 6.42. The van der Waals surface area contributed by atoms with E-state index in [0.717, 1.165) is 43.2 Å². The van der Waals surface area contributed by atoms with Crippen LogP contribution in [0.5, 0.6) is 0 Å². The fourth-order valence-electron chi connectivity index (χ4n) is 2.87. The number of benzene rings is 1. The molecule has 23 heavy (non-hydrogen) atoms. The second kappa shape index (κ2) is 6.59. The molecule has 0 unspecified atom stereocenters. The molecule has 3 rings (SSSR count). The van der Waals surface area contributed by atoms with Gasteiger partial charge in [0.25, 0.3) is 0 Å². The molecule has 1 aliphatic rings. The average Bonchev–Trinajstić information content (AvgIpc) is 3.01. The molecule has 2 heterocycles. The Balaban J connectivity index is 1.98. The van der Waals surface area contributed by atoms with Crippen molar-refractivity contribution >= 4 is 11.3 Å². The van der Waals surface area contributed by atoms with Crippen LogP contribution in [0.2, 0.25) is 0 Å². The van der Waals surface area contributed by atoms with E-state index >= 15 is 0 Å². The number of hydrogen-bond donors (Lipinski definition) is 1. The van der Waals surface area contributed by atoms with Crippen molar-refractivity contribution in [1.82, 2.24) is 10.2 Å². The SMILES string of the molecule is Fc1cc([C@@H](c2cccs2)N2CCNCC2)ccc1C(F)(F)F. The van der Waals surface area contributed by atoms with Gasteiger partial charge in [-0.2, -0.15) is 13.2 Å². The first-order valence-electron chi connectivity index (χ1n) is 7.31. The zero-order valence-corrected chi connectivity index (χ0v) is 13.1. The maximum Gasteiger partial charge on any atom is 0.419 e. The van der Waals surface area contributed by atoms with E-state index in [1.54, 1.807) is 0 Å². The standard InChI is InChI=1S/C16H16F4N2S/c17-13-10-11(3-4-12(13)16(18,19)20)15(14-2-1-9-23-14)22-7-5-21-6-8-22/h1-4,9-10,15,21H,5-8H2/t15-/m0/s1. The van der Waals surface area contributed by atoms with Crippen molar-refractivity contribution in [3.8, 4) is 0 Å². The van der Waals surface area contributed by atoms with Gasteiger partial charge in [-0.3, -0.25) is 4.90 Å². The van der Waals surface area contributed by atoms with E-state index in [1.165, 1.54) is 17.4 Å². The smallest absolute Gasteiger partial charge is 0.314 e. The van der Waals surface area contributed by atoms with E-state index in [2.05, 4.69) is 10.2 Å². The van der Waals surface area contributed by atoms with Crippen molar-refractivity contribution in [2.24, 2.45) is 0 Å². The third kappa shape index (κ3) is 3.57. The minimum absolute atomic E-state index is 0.214. The van der Waals surface area contributed by atoms with E-state index < -0.39 is 17.6 Å². The molecule has 2 nitrogen and oxygen atoms in total. The lowest BCUT2D eigenvalue weighted by Gasteiger charge is -2.35. The van der Waals surface area contributed by atoms with Crippen LogP contribution < -0.4 is 5.32 Å². The van der Waals surface area contributed by atoms with Gasteiger partial charge in [-0.1, -0.05) is 12.1 Å². The zero-order chi connectivity index (χ0) is 16.4. The number of thiophene rings is 1. The van der Waals surface area contributed by atoms with Gasteiger partial charge in [0, 0.05) is 31.1 Å². The number of hydrogen-bond acceptors (Lipinski definition) is 3. The van der Waals surface area contributed by atoms with Crippen LogP contribution in [0.15, 0.2) is 35.7 Å². The summed E-state index contributed by atoms with van der Waals surface area (Å²) in [5.74, 6) is -1.22. The molecule has 0 bridgehead atoms. The van der Waals surface area contributed by atoms with Crippen LogP contribution >= 0.6 is 11.3 Å². The van der Waals surface area contributed by atoms with E-state index in [0.29, 0.717) is 5.56 Å². The third-order valence-electron chi connectivity index (χ3n) is 3.94. The molecule has 0 saturated carbocycles. The monoisotopic (exact) mass is 344 g/mol. The molecule has 1 aromatic carbocycles. The quantitative estimate of drug-likeness (QED) is 0.850. The molecule has 0 amide bonds. The Morgan fingerprint density at radius 1 is 1.13 bits per heavy atom. The Labute approximate surface area is 135 Å². The van der Waals surface area contributed by atoms with Gasteiger partial charge < -0.3 is 5.32 Å². The van der Waals surface area contributed by atoms with Gasteiger partial charge in [0.2, 0.25) is 0 Å². The van der Waals surface area contributed by atoms with Crippen LogP contribution in [0.1, 0.15) is 22.0 Å². The topological polar surface area (TPSA) is 15.3 Å². The molecule has 1 saturated heterocycles. The highest BCUT2D eigenvalue weighted by Gasteiger charge is 2.35. The molecular formula is C16H16F4N2S. The Bertz CT molecular complexity index is 649. The highest BCUT2D eigenvalue weighted by atomic mass is 32.1. The first-order chi connectivity index (χ1) is 11.0. The Kier molecular flexibility index (Phi) is 4.70. The van der Waals surface area contributed by atoms with Gasteiger partial charge in [0.15, 0.2) is 0 Å². The Hall–Kier alpha value is -1.44. The minimum Gasteiger partial charge on any atom is -0.314 e. The Morgan fingerprint density at radius 3 is 2.43 bits per heavy atom. The van der Waals surface area contributed by atoms with E-state index in [4.69, 9.17) is 0 Å². The van der Waals surface area contributed by atoms with Crippen LogP contribution in [0.4, 0.5) is 17.6 Å². The number of nitrogens with one attached hydrogen (secondary N) is 1.